The minimum Gasteiger partial charge on any atom is -0.368 e. The fraction of sp³-hybridized carbons (Fsp3) is 0.556. The number of primary amides is 1. The molecule has 1 fully saturated rings. The molecule has 0 saturated heterocycles. The maximum absolute atomic E-state index is 12.4. The lowest BCUT2D eigenvalue weighted by molar-refractivity contribution is -0.137. The second kappa shape index (κ2) is 7.97. The molecule has 2 rings (SSSR count). The monoisotopic (exact) mass is 302 g/mol. The molecule has 120 valence electrons. The van der Waals surface area contributed by atoms with Gasteiger partial charge in [0.25, 0.3) is 0 Å². The van der Waals surface area contributed by atoms with Crippen LogP contribution in [0, 0.1) is 6.92 Å². The van der Waals surface area contributed by atoms with Crippen molar-refractivity contribution in [3.63, 3.8) is 0 Å². The molecule has 1 aromatic rings. The van der Waals surface area contributed by atoms with Crippen molar-refractivity contribution in [2.24, 2.45) is 5.73 Å². The van der Waals surface area contributed by atoms with Crippen molar-refractivity contribution in [1.29, 1.82) is 0 Å². The fourth-order valence-electron chi connectivity index (χ4n) is 3.15. The summed E-state index contributed by atoms with van der Waals surface area (Å²) < 4.78 is 0. The van der Waals surface area contributed by atoms with Crippen molar-refractivity contribution in [3.05, 3.63) is 35.4 Å². The second-order valence-corrected chi connectivity index (χ2v) is 6.27. The molecule has 2 N–H and O–H groups in total. The van der Waals surface area contributed by atoms with Gasteiger partial charge in [-0.15, -0.1) is 0 Å². The molecule has 0 unspecified atom stereocenters. The Balaban J connectivity index is 1.84. The van der Waals surface area contributed by atoms with E-state index in [4.69, 9.17) is 5.73 Å². The van der Waals surface area contributed by atoms with Gasteiger partial charge < -0.3 is 10.6 Å². The van der Waals surface area contributed by atoms with Crippen LogP contribution < -0.4 is 5.73 Å². The number of amides is 2. The van der Waals surface area contributed by atoms with E-state index in [-0.39, 0.29) is 18.5 Å². The van der Waals surface area contributed by atoms with Gasteiger partial charge in [0.1, 0.15) is 0 Å². The summed E-state index contributed by atoms with van der Waals surface area (Å²) in [6.45, 7) is 2.13. The maximum Gasteiger partial charge on any atom is 0.237 e. The number of hydrogen-bond acceptors (Lipinski definition) is 2. The highest BCUT2D eigenvalue weighted by atomic mass is 16.2. The normalized spacial score (nSPS) is 15.0. The zero-order chi connectivity index (χ0) is 15.9. The molecule has 1 saturated carbocycles. The van der Waals surface area contributed by atoms with E-state index in [1.165, 1.54) is 11.1 Å². The standard InChI is InChI=1S/C18H26N2O2/c1-14-9-11-15(12-10-14)5-4-8-18(22)20(13-17(19)21)16-6-2-3-7-16/h9-12,16H,2-8,13H2,1H3,(H2,19,21). The van der Waals surface area contributed by atoms with E-state index in [1.54, 1.807) is 4.90 Å². The molecule has 4 heteroatoms. The van der Waals surface area contributed by atoms with E-state index in [0.717, 1.165) is 38.5 Å². The first-order chi connectivity index (χ1) is 10.6. The summed E-state index contributed by atoms with van der Waals surface area (Å²) in [7, 11) is 0. The van der Waals surface area contributed by atoms with Crippen molar-refractivity contribution in [2.75, 3.05) is 6.54 Å². The van der Waals surface area contributed by atoms with Crippen LogP contribution in [0.5, 0.6) is 0 Å². The third-order valence-electron chi connectivity index (χ3n) is 4.39. The van der Waals surface area contributed by atoms with Gasteiger partial charge in [-0.25, -0.2) is 0 Å². The van der Waals surface area contributed by atoms with Crippen LogP contribution in [-0.2, 0) is 16.0 Å². The second-order valence-electron chi connectivity index (χ2n) is 6.27. The van der Waals surface area contributed by atoms with Crippen LogP contribution in [0.1, 0.15) is 49.7 Å². The average molecular weight is 302 g/mol. The lowest BCUT2D eigenvalue weighted by atomic mass is 10.1. The highest BCUT2D eigenvalue weighted by Gasteiger charge is 2.27. The molecule has 0 aliphatic heterocycles. The Morgan fingerprint density at radius 2 is 1.82 bits per heavy atom. The van der Waals surface area contributed by atoms with E-state index in [9.17, 15) is 9.59 Å². The van der Waals surface area contributed by atoms with Gasteiger partial charge in [0.05, 0.1) is 6.54 Å². The third-order valence-corrected chi connectivity index (χ3v) is 4.39. The SMILES string of the molecule is Cc1ccc(CCCC(=O)N(CC(N)=O)C2CCCC2)cc1. The summed E-state index contributed by atoms with van der Waals surface area (Å²) in [6, 6.07) is 8.61. The Hall–Kier alpha value is -1.84. The summed E-state index contributed by atoms with van der Waals surface area (Å²) in [5.74, 6) is -0.350. The van der Waals surface area contributed by atoms with Gasteiger partial charge in [-0.05, 0) is 38.2 Å². The highest BCUT2D eigenvalue weighted by Crippen LogP contribution is 2.24. The van der Waals surface area contributed by atoms with Crippen LogP contribution in [0.15, 0.2) is 24.3 Å². The number of nitrogens with two attached hydrogens (primary N) is 1. The number of rotatable bonds is 7. The lowest BCUT2D eigenvalue weighted by Gasteiger charge is -2.27. The topological polar surface area (TPSA) is 63.4 Å². The molecule has 0 spiro atoms. The number of nitrogens with zero attached hydrogens (tertiary/aromatic N) is 1. The minimum absolute atomic E-state index is 0.0635. The van der Waals surface area contributed by atoms with Crippen molar-refractivity contribution < 1.29 is 9.59 Å². The first-order valence-corrected chi connectivity index (χ1v) is 8.19. The van der Waals surface area contributed by atoms with E-state index >= 15 is 0 Å². The number of benzene rings is 1. The van der Waals surface area contributed by atoms with Crippen molar-refractivity contribution in [1.82, 2.24) is 4.90 Å². The minimum atomic E-state index is -0.418. The van der Waals surface area contributed by atoms with Crippen LogP contribution in [-0.4, -0.2) is 29.3 Å². The van der Waals surface area contributed by atoms with E-state index < -0.39 is 5.91 Å². The predicted molar refractivity (Wildman–Crippen MR) is 87.3 cm³/mol. The molecule has 1 aliphatic rings. The maximum atomic E-state index is 12.4. The smallest absolute Gasteiger partial charge is 0.237 e. The Kier molecular flexibility index (Phi) is 5.99. The molecule has 0 aromatic heterocycles. The molecule has 1 aliphatic carbocycles. The number of carbonyl (C=O) groups excluding carboxylic acids is 2. The first kappa shape index (κ1) is 16.5. The molecule has 22 heavy (non-hydrogen) atoms. The molecule has 0 radical (unpaired) electrons. The quantitative estimate of drug-likeness (QED) is 0.841. The Bertz CT molecular complexity index is 504. The van der Waals surface area contributed by atoms with Crippen LogP contribution in [0.25, 0.3) is 0 Å². The molecule has 0 heterocycles. The van der Waals surface area contributed by atoms with Gasteiger partial charge in [-0.1, -0.05) is 42.7 Å². The molecule has 2 amide bonds. The number of hydrogen-bond donors (Lipinski definition) is 1. The number of aryl methyl sites for hydroxylation is 2. The van der Waals surface area contributed by atoms with Crippen LogP contribution in [0.3, 0.4) is 0 Å². The highest BCUT2D eigenvalue weighted by molar-refractivity contribution is 5.84. The molecule has 0 bridgehead atoms. The van der Waals surface area contributed by atoms with Gasteiger partial charge in [-0.2, -0.15) is 0 Å². The zero-order valence-corrected chi connectivity index (χ0v) is 13.4. The number of carbonyl (C=O) groups is 2. The largest absolute Gasteiger partial charge is 0.368 e. The first-order valence-electron chi connectivity index (χ1n) is 8.19. The van der Waals surface area contributed by atoms with E-state index in [2.05, 4.69) is 31.2 Å². The summed E-state index contributed by atoms with van der Waals surface area (Å²) in [6.07, 6.45) is 6.45. The van der Waals surface area contributed by atoms with Gasteiger partial charge in [-0.3, -0.25) is 9.59 Å². The summed E-state index contributed by atoms with van der Waals surface area (Å²) in [5, 5.41) is 0. The van der Waals surface area contributed by atoms with Crippen molar-refractivity contribution in [2.45, 2.75) is 57.9 Å². The van der Waals surface area contributed by atoms with E-state index in [1.807, 2.05) is 0 Å². The Morgan fingerprint density at radius 1 is 1.18 bits per heavy atom. The third kappa shape index (κ3) is 4.86. The Morgan fingerprint density at radius 3 is 2.41 bits per heavy atom. The summed E-state index contributed by atoms with van der Waals surface area (Å²) in [4.78, 5) is 25.4. The van der Waals surface area contributed by atoms with E-state index in [0.29, 0.717) is 6.42 Å². The van der Waals surface area contributed by atoms with Crippen LogP contribution >= 0.6 is 0 Å². The van der Waals surface area contributed by atoms with Crippen LogP contribution in [0.4, 0.5) is 0 Å². The van der Waals surface area contributed by atoms with Gasteiger partial charge in [0.15, 0.2) is 0 Å². The molecular formula is C18H26N2O2. The molecule has 1 aromatic carbocycles. The lowest BCUT2D eigenvalue weighted by Crippen LogP contribution is -2.44. The van der Waals surface area contributed by atoms with Crippen molar-refractivity contribution in [3.8, 4) is 0 Å². The average Bonchev–Trinajstić information content (AvgIpc) is 3.00. The molecule has 4 nitrogen and oxygen atoms in total. The summed E-state index contributed by atoms with van der Waals surface area (Å²) >= 11 is 0. The summed E-state index contributed by atoms with van der Waals surface area (Å²) in [5.41, 5.74) is 7.79. The fourth-order valence-corrected chi connectivity index (χ4v) is 3.15. The van der Waals surface area contributed by atoms with Crippen molar-refractivity contribution >= 4 is 11.8 Å². The van der Waals surface area contributed by atoms with Gasteiger partial charge >= 0.3 is 0 Å². The molecular weight excluding hydrogens is 276 g/mol. The van der Waals surface area contributed by atoms with Gasteiger partial charge in [0, 0.05) is 12.5 Å². The van der Waals surface area contributed by atoms with Gasteiger partial charge in [0.2, 0.25) is 11.8 Å². The Labute approximate surface area is 132 Å². The predicted octanol–water partition coefficient (Wildman–Crippen LogP) is 2.57. The van der Waals surface area contributed by atoms with Crippen LogP contribution in [0.2, 0.25) is 0 Å². The zero-order valence-electron chi connectivity index (χ0n) is 13.4. The molecule has 0 atom stereocenters.